The predicted octanol–water partition coefficient (Wildman–Crippen LogP) is 4.58. The predicted molar refractivity (Wildman–Crippen MR) is 102 cm³/mol. The van der Waals surface area contributed by atoms with Gasteiger partial charge in [0.15, 0.2) is 16.7 Å². The molecule has 2 aliphatic rings. The van der Waals surface area contributed by atoms with Crippen LogP contribution in [0.1, 0.15) is 44.6 Å². The number of hydrogen-bond acceptors (Lipinski definition) is 5. The number of ether oxygens (including phenoxy) is 2. The van der Waals surface area contributed by atoms with Gasteiger partial charge in [0.1, 0.15) is 0 Å². The number of benzene rings is 1. The van der Waals surface area contributed by atoms with E-state index in [0.29, 0.717) is 22.2 Å². The Morgan fingerprint density at radius 3 is 2.78 bits per heavy atom. The van der Waals surface area contributed by atoms with Crippen LogP contribution in [0, 0.1) is 0 Å². The molecule has 0 atom stereocenters. The summed E-state index contributed by atoms with van der Waals surface area (Å²) in [6.07, 6.45) is 7.41. The van der Waals surface area contributed by atoms with Crippen molar-refractivity contribution in [1.29, 1.82) is 0 Å². The minimum Gasteiger partial charge on any atom is -0.490 e. The maximum atomic E-state index is 12.5. The molecule has 27 heavy (non-hydrogen) atoms. The van der Waals surface area contributed by atoms with Crippen LogP contribution >= 0.6 is 11.8 Å². The molecule has 1 amide bonds. The van der Waals surface area contributed by atoms with E-state index in [4.69, 9.17) is 4.74 Å². The van der Waals surface area contributed by atoms with Crippen LogP contribution in [0.3, 0.4) is 0 Å². The van der Waals surface area contributed by atoms with Crippen LogP contribution in [-0.4, -0.2) is 30.3 Å². The smallest absolute Gasteiger partial charge is 0.387 e. The van der Waals surface area contributed by atoms with Gasteiger partial charge in [-0.25, -0.2) is 0 Å². The fourth-order valence-electron chi connectivity index (χ4n) is 3.09. The van der Waals surface area contributed by atoms with E-state index in [1.807, 2.05) is 0 Å². The Labute approximate surface area is 161 Å². The van der Waals surface area contributed by atoms with Gasteiger partial charge in [-0.3, -0.25) is 9.79 Å². The lowest BCUT2D eigenvalue weighted by Gasteiger charge is -2.17. The van der Waals surface area contributed by atoms with Gasteiger partial charge in [-0.1, -0.05) is 25.3 Å². The van der Waals surface area contributed by atoms with Crippen molar-refractivity contribution >= 4 is 28.9 Å². The lowest BCUT2D eigenvalue weighted by atomic mass is 9.96. The van der Waals surface area contributed by atoms with Crippen molar-refractivity contribution in [1.82, 2.24) is 5.32 Å². The van der Waals surface area contributed by atoms with Crippen molar-refractivity contribution < 1.29 is 23.0 Å². The quantitative estimate of drug-likeness (QED) is 0.715. The molecule has 1 heterocycles. The fourth-order valence-corrected chi connectivity index (χ4v) is 3.98. The van der Waals surface area contributed by atoms with Gasteiger partial charge in [0.05, 0.1) is 17.6 Å². The van der Waals surface area contributed by atoms with E-state index in [9.17, 15) is 13.6 Å². The van der Waals surface area contributed by atoms with E-state index in [-0.39, 0.29) is 23.4 Å². The molecular weight excluding hydrogens is 374 g/mol. The molecule has 5 nitrogen and oxygen atoms in total. The zero-order valence-corrected chi connectivity index (χ0v) is 15.9. The number of hydrogen-bond donors (Lipinski definition) is 1. The Morgan fingerprint density at radius 1 is 1.30 bits per heavy atom. The minimum atomic E-state index is -2.93. The van der Waals surface area contributed by atoms with Crippen LogP contribution in [-0.2, 0) is 4.79 Å². The number of alkyl halides is 2. The van der Waals surface area contributed by atoms with Crippen molar-refractivity contribution in [3.8, 4) is 11.5 Å². The number of carbonyl (C=O) groups is 1. The van der Waals surface area contributed by atoms with Crippen LogP contribution in [0.15, 0.2) is 28.1 Å². The minimum absolute atomic E-state index is 0.0305. The van der Waals surface area contributed by atoms with Crippen LogP contribution in [0.25, 0.3) is 6.08 Å². The van der Waals surface area contributed by atoms with Crippen molar-refractivity contribution in [2.75, 3.05) is 6.61 Å². The summed E-state index contributed by atoms with van der Waals surface area (Å²) in [5.74, 6) is -0.0239. The monoisotopic (exact) mass is 396 g/mol. The van der Waals surface area contributed by atoms with E-state index in [0.717, 1.165) is 12.8 Å². The van der Waals surface area contributed by atoms with Crippen LogP contribution in [0.2, 0.25) is 0 Å². The number of rotatable bonds is 6. The van der Waals surface area contributed by atoms with Gasteiger partial charge in [-0.05, 0) is 55.3 Å². The zero-order valence-electron chi connectivity index (χ0n) is 15.0. The summed E-state index contributed by atoms with van der Waals surface area (Å²) in [5.41, 5.74) is 0.664. The van der Waals surface area contributed by atoms with Crippen LogP contribution in [0.5, 0.6) is 11.5 Å². The molecule has 1 aromatic carbocycles. The maximum Gasteiger partial charge on any atom is 0.387 e. The number of thioether (sulfide) groups is 1. The van der Waals surface area contributed by atoms with Crippen molar-refractivity contribution in [3.63, 3.8) is 0 Å². The van der Waals surface area contributed by atoms with Gasteiger partial charge in [0.25, 0.3) is 5.91 Å². The summed E-state index contributed by atoms with van der Waals surface area (Å²) < 4.78 is 34.8. The molecule has 1 saturated carbocycles. The third-order valence-electron chi connectivity index (χ3n) is 4.31. The average molecular weight is 396 g/mol. The second kappa shape index (κ2) is 9.21. The highest BCUT2D eigenvalue weighted by Crippen LogP contribution is 2.33. The molecule has 1 saturated heterocycles. The third-order valence-corrected chi connectivity index (χ3v) is 5.23. The van der Waals surface area contributed by atoms with Crippen LogP contribution < -0.4 is 14.8 Å². The normalized spacial score (nSPS) is 21.1. The highest BCUT2D eigenvalue weighted by atomic mass is 32.2. The molecule has 0 unspecified atom stereocenters. The summed E-state index contributed by atoms with van der Waals surface area (Å²) in [6, 6.07) is 4.88. The van der Waals surface area contributed by atoms with Gasteiger partial charge < -0.3 is 14.8 Å². The number of halogens is 2. The van der Waals surface area contributed by atoms with Gasteiger partial charge in [0.2, 0.25) is 0 Å². The van der Waals surface area contributed by atoms with Gasteiger partial charge in [-0.2, -0.15) is 8.78 Å². The first-order valence-electron chi connectivity index (χ1n) is 9.05. The first-order valence-corrected chi connectivity index (χ1v) is 9.87. The van der Waals surface area contributed by atoms with Gasteiger partial charge in [-0.15, -0.1) is 0 Å². The Bertz CT molecular complexity index is 746. The Kier molecular flexibility index (Phi) is 6.71. The maximum absolute atomic E-state index is 12.5. The number of nitrogens with zero attached hydrogens (tertiary/aromatic N) is 1. The average Bonchev–Trinajstić information content (AvgIpc) is 2.97. The molecule has 146 valence electrons. The Hall–Kier alpha value is -2.09. The lowest BCUT2D eigenvalue weighted by Crippen LogP contribution is -2.22. The summed E-state index contributed by atoms with van der Waals surface area (Å²) in [7, 11) is 0. The van der Waals surface area contributed by atoms with E-state index in [2.05, 4.69) is 15.0 Å². The lowest BCUT2D eigenvalue weighted by molar-refractivity contribution is -0.115. The molecule has 0 bridgehead atoms. The highest BCUT2D eigenvalue weighted by molar-refractivity contribution is 8.18. The molecule has 0 spiro atoms. The number of amides is 1. The topological polar surface area (TPSA) is 59.9 Å². The Balaban J connectivity index is 1.76. The molecule has 0 radical (unpaired) electrons. The van der Waals surface area contributed by atoms with Crippen LogP contribution in [0.4, 0.5) is 8.78 Å². The molecule has 2 fully saturated rings. The molecule has 1 aliphatic carbocycles. The standard InChI is InChI=1S/C19H22F2N2O3S/c1-2-25-15-10-12(8-9-14(15)26-18(20)21)11-16-17(24)23-19(27-16)22-13-6-4-3-5-7-13/h8-11,13,18H,2-7H2,1H3,(H,22,23,24). The number of carbonyl (C=O) groups excluding carboxylic acids is 1. The van der Waals surface area contributed by atoms with E-state index < -0.39 is 6.61 Å². The number of aliphatic imine (C=N–C) groups is 1. The molecular formula is C19H22F2N2O3S. The first kappa shape index (κ1) is 19.7. The van der Waals surface area contributed by atoms with Crippen molar-refractivity contribution in [2.24, 2.45) is 4.99 Å². The highest BCUT2D eigenvalue weighted by Gasteiger charge is 2.25. The molecule has 0 aromatic heterocycles. The summed E-state index contributed by atoms with van der Waals surface area (Å²) in [6.45, 7) is -0.860. The van der Waals surface area contributed by atoms with Crippen molar-refractivity contribution in [3.05, 3.63) is 28.7 Å². The summed E-state index contributed by atoms with van der Waals surface area (Å²) in [4.78, 5) is 17.4. The largest absolute Gasteiger partial charge is 0.490 e. The summed E-state index contributed by atoms with van der Waals surface area (Å²) in [5, 5.41) is 3.43. The zero-order chi connectivity index (χ0) is 19.2. The van der Waals surface area contributed by atoms with Crippen molar-refractivity contribution in [2.45, 2.75) is 51.7 Å². The van der Waals surface area contributed by atoms with Gasteiger partial charge in [0, 0.05) is 0 Å². The number of amidine groups is 1. The molecule has 8 heteroatoms. The number of nitrogens with one attached hydrogen (secondary N) is 1. The molecule has 1 N–H and O–H groups in total. The fraction of sp³-hybridized carbons (Fsp3) is 0.474. The molecule has 3 rings (SSSR count). The van der Waals surface area contributed by atoms with E-state index in [1.54, 1.807) is 25.1 Å². The van der Waals surface area contributed by atoms with E-state index >= 15 is 0 Å². The molecule has 1 aliphatic heterocycles. The Morgan fingerprint density at radius 2 is 2.07 bits per heavy atom. The second-order valence-electron chi connectivity index (χ2n) is 6.31. The SMILES string of the molecule is CCOc1cc(C=C2SC(=NC3CCCCC3)NC2=O)ccc1OC(F)F. The molecule has 1 aromatic rings. The van der Waals surface area contributed by atoms with E-state index in [1.165, 1.54) is 37.1 Å². The summed E-state index contributed by atoms with van der Waals surface area (Å²) >= 11 is 1.30. The first-order chi connectivity index (χ1) is 13.0. The van der Waals surface area contributed by atoms with Gasteiger partial charge >= 0.3 is 6.61 Å². The second-order valence-corrected chi connectivity index (χ2v) is 7.34. The third kappa shape index (κ3) is 5.45.